The minimum absolute atomic E-state index is 0.237. The Morgan fingerprint density at radius 1 is 1.15 bits per heavy atom. The first-order chi connectivity index (χ1) is 6.11. The first-order valence-corrected chi connectivity index (χ1v) is 5.30. The second-order valence-corrected chi connectivity index (χ2v) is 4.21. The number of hydrogen-bond donors (Lipinski definition) is 0. The van der Waals surface area contributed by atoms with Crippen LogP contribution in [0.3, 0.4) is 0 Å². The minimum atomic E-state index is 0.237. The van der Waals surface area contributed by atoms with Crippen molar-refractivity contribution in [2.75, 3.05) is 7.11 Å². The molecular weight excluding hydrogens is 164 g/mol. The van der Waals surface area contributed by atoms with E-state index >= 15 is 0 Å². The standard InChI is InChI=1S/C11H22O2/c1-6-10-7(2)8(3)11(12-5)9(4)13-10/h7-11H,6H2,1-5H3. The first-order valence-electron chi connectivity index (χ1n) is 5.30. The van der Waals surface area contributed by atoms with Gasteiger partial charge in [-0.25, -0.2) is 0 Å². The van der Waals surface area contributed by atoms with Crippen molar-refractivity contribution in [3.05, 3.63) is 0 Å². The number of rotatable bonds is 2. The molecule has 1 aliphatic heterocycles. The summed E-state index contributed by atoms with van der Waals surface area (Å²) in [5, 5.41) is 0. The summed E-state index contributed by atoms with van der Waals surface area (Å²) in [5.41, 5.74) is 0. The zero-order chi connectivity index (χ0) is 10.0. The Morgan fingerprint density at radius 2 is 1.77 bits per heavy atom. The Labute approximate surface area is 81.6 Å². The van der Waals surface area contributed by atoms with E-state index in [1.165, 1.54) is 0 Å². The van der Waals surface area contributed by atoms with Crippen molar-refractivity contribution < 1.29 is 9.47 Å². The molecule has 0 aromatic rings. The molecule has 5 unspecified atom stereocenters. The van der Waals surface area contributed by atoms with Crippen LogP contribution in [0.5, 0.6) is 0 Å². The SMILES string of the molecule is CCC1OC(C)C(OC)C(C)C1C. The van der Waals surface area contributed by atoms with Crippen molar-refractivity contribution in [1.29, 1.82) is 0 Å². The van der Waals surface area contributed by atoms with Gasteiger partial charge in [-0.05, 0) is 25.2 Å². The van der Waals surface area contributed by atoms with E-state index in [9.17, 15) is 0 Å². The Balaban J connectivity index is 2.66. The van der Waals surface area contributed by atoms with Crippen molar-refractivity contribution in [3.63, 3.8) is 0 Å². The van der Waals surface area contributed by atoms with Gasteiger partial charge in [0.15, 0.2) is 0 Å². The number of methoxy groups -OCH3 is 1. The molecule has 0 spiro atoms. The highest BCUT2D eigenvalue weighted by molar-refractivity contribution is 4.86. The summed E-state index contributed by atoms with van der Waals surface area (Å²) in [6.45, 7) is 8.82. The quantitative estimate of drug-likeness (QED) is 0.659. The first kappa shape index (κ1) is 11.0. The van der Waals surface area contributed by atoms with Crippen LogP contribution in [0, 0.1) is 11.8 Å². The predicted octanol–water partition coefficient (Wildman–Crippen LogP) is 2.47. The summed E-state index contributed by atoms with van der Waals surface area (Å²) >= 11 is 0. The maximum atomic E-state index is 5.90. The third kappa shape index (κ3) is 2.05. The minimum Gasteiger partial charge on any atom is -0.378 e. The van der Waals surface area contributed by atoms with Gasteiger partial charge in [0.25, 0.3) is 0 Å². The fourth-order valence-corrected chi connectivity index (χ4v) is 2.42. The van der Waals surface area contributed by atoms with Gasteiger partial charge in [0.2, 0.25) is 0 Å². The highest BCUT2D eigenvalue weighted by Gasteiger charge is 2.38. The van der Waals surface area contributed by atoms with Crippen LogP contribution >= 0.6 is 0 Å². The van der Waals surface area contributed by atoms with Crippen LogP contribution in [-0.4, -0.2) is 25.4 Å². The van der Waals surface area contributed by atoms with Gasteiger partial charge in [-0.1, -0.05) is 20.8 Å². The lowest BCUT2D eigenvalue weighted by Gasteiger charge is -2.42. The lowest BCUT2D eigenvalue weighted by atomic mass is 9.81. The van der Waals surface area contributed by atoms with E-state index in [1.807, 2.05) is 0 Å². The summed E-state index contributed by atoms with van der Waals surface area (Å²) in [5.74, 6) is 1.20. The molecule has 0 aromatic carbocycles. The average molecular weight is 186 g/mol. The summed E-state index contributed by atoms with van der Waals surface area (Å²) in [7, 11) is 1.78. The van der Waals surface area contributed by atoms with E-state index in [1.54, 1.807) is 7.11 Å². The van der Waals surface area contributed by atoms with E-state index in [0.717, 1.165) is 6.42 Å². The maximum Gasteiger partial charge on any atom is 0.0859 e. The molecule has 0 radical (unpaired) electrons. The Morgan fingerprint density at radius 3 is 2.23 bits per heavy atom. The fraction of sp³-hybridized carbons (Fsp3) is 1.00. The molecule has 1 fully saturated rings. The second kappa shape index (κ2) is 4.43. The zero-order valence-corrected chi connectivity index (χ0v) is 9.41. The van der Waals surface area contributed by atoms with Gasteiger partial charge in [-0.15, -0.1) is 0 Å². The predicted molar refractivity (Wildman–Crippen MR) is 53.8 cm³/mol. The van der Waals surface area contributed by atoms with Gasteiger partial charge in [0, 0.05) is 7.11 Å². The number of hydrogen-bond acceptors (Lipinski definition) is 2. The van der Waals surface area contributed by atoms with Crippen molar-refractivity contribution in [3.8, 4) is 0 Å². The van der Waals surface area contributed by atoms with Gasteiger partial charge in [0.1, 0.15) is 0 Å². The topological polar surface area (TPSA) is 18.5 Å². The molecule has 1 rings (SSSR count). The van der Waals surface area contributed by atoms with Crippen molar-refractivity contribution in [1.82, 2.24) is 0 Å². The highest BCUT2D eigenvalue weighted by Crippen LogP contribution is 2.33. The summed E-state index contributed by atoms with van der Waals surface area (Å²) in [6.07, 6.45) is 2.02. The van der Waals surface area contributed by atoms with Crippen LogP contribution in [0.1, 0.15) is 34.1 Å². The van der Waals surface area contributed by atoms with Crippen molar-refractivity contribution in [2.24, 2.45) is 11.8 Å². The van der Waals surface area contributed by atoms with Crippen LogP contribution in [0.4, 0.5) is 0 Å². The molecule has 1 aliphatic rings. The molecule has 0 aliphatic carbocycles. The third-order valence-corrected chi connectivity index (χ3v) is 3.46. The van der Waals surface area contributed by atoms with Crippen LogP contribution in [0.2, 0.25) is 0 Å². The molecule has 0 N–H and O–H groups in total. The van der Waals surface area contributed by atoms with Crippen LogP contribution in [0.25, 0.3) is 0 Å². The van der Waals surface area contributed by atoms with Crippen LogP contribution in [-0.2, 0) is 9.47 Å². The normalized spacial score (nSPS) is 46.4. The Bertz CT molecular complexity index is 158. The smallest absolute Gasteiger partial charge is 0.0859 e. The molecule has 0 amide bonds. The number of ether oxygens (including phenoxy) is 2. The lowest BCUT2D eigenvalue weighted by molar-refractivity contribution is -0.171. The fourth-order valence-electron chi connectivity index (χ4n) is 2.42. The van der Waals surface area contributed by atoms with E-state index in [0.29, 0.717) is 17.9 Å². The monoisotopic (exact) mass is 186 g/mol. The average Bonchev–Trinajstić information content (AvgIpc) is 2.12. The van der Waals surface area contributed by atoms with E-state index in [2.05, 4.69) is 27.7 Å². The molecule has 78 valence electrons. The van der Waals surface area contributed by atoms with Crippen molar-refractivity contribution in [2.45, 2.75) is 52.4 Å². The largest absolute Gasteiger partial charge is 0.378 e. The van der Waals surface area contributed by atoms with Gasteiger partial charge in [-0.3, -0.25) is 0 Å². The summed E-state index contributed by atoms with van der Waals surface area (Å²) in [4.78, 5) is 0. The van der Waals surface area contributed by atoms with Gasteiger partial charge < -0.3 is 9.47 Å². The van der Waals surface area contributed by atoms with Crippen LogP contribution < -0.4 is 0 Å². The van der Waals surface area contributed by atoms with Gasteiger partial charge in [0.05, 0.1) is 18.3 Å². The highest BCUT2D eigenvalue weighted by atomic mass is 16.5. The molecule has 2 heteroatoms. The Kier molecular flexibility index (Phi) is 3.74. The van der Waals surface area contributed by atoms with Crippen molar-refractivity contribution >= 4 is 0 Å². The second-order valence-electron chi connectivity index (χ2n) is 4.21. The van der Waals surface area contributed by atoms with Gasteiger partial charge >= 0.3 is 0 Å². The van der Waals surface area contributed by atoms with E-state index < -0.39 is 0 Å². The van der Waals surface area contributed by atoms with Gasteiger partial charge in [-0.2, -0.15) is 0 Å². The molecular formula is C11H22O2. The van der Waals surface area contributed by atoms with E-state index in [4.69, 9.17) is 9.47 Å². The Hall–Kier alpha value is -0.0800. The molecule has 1 heterocycles. The molecule has 1 saturated heterocycles. The molecule has 0 saturated carbocycles. The molecule has 5 atom stereocenters. The van der Waals surface area contributed by atoms with E-state index in [-0.39, 0.29) is 12.2 Å². The summed E-state index contributed by atoms with van der Waals surface area (Å²) in [6, 6.07) is 0. The molecule has 2 nitrogen and oxygen atoms in total. The zero-order valence-electron chi connectivity index (χ0n) is 9.41. The molecule has 0 bridgehead atoms. The molecule has 13 heavy (non-hydrogen) atoms. The van der Waals surface area contributed by atoms with Crippen LogP contribution in [0.15, 0.2) is 0 Å². The summed E-state index contributed by atoms with van der Waals surface area (Å²) < 4.78 is 11.4. The molecule has 0 aromatic heterocycles. The maximum absolute atomic E-state index is 5.90. The third-order valence-electron chi connectivity index (χ3n) is 3.46. The lowest BCUT2D eigenvalue weighted by Crippen LogP contribution is -2.48.